The third-order valence-corrected chi connectivity index (χ3v) is 9.73. The molecule has 5 aliphatic rings. The molecule has 5 fully saturated rings. The highest BCUT2D eigenvalue weighted by molar-refractivity contribution is 5.80. The first-order valence-corrected chi connectivity index (χ1v) is 10.4. The molecule has 5 nitrogen and oxygen atoms in total. The van der Waals surface area contributed by atoms with Gasteiger partial charge in [0, 0.05) is 17.3 Å². The zero-order valence-corrected chi connectivity index (χ0v) is 16.1. The first-order chi connectivity index (χ1) is 12.1. The van der Waals surface area contributed by atoms with Crippen LogP contribution in [0.25, 0.3) is 0 Å². The lowest BCUT2D eigenvalue weighted by molar-refractivity contribution is -0.196. The number of Topliss-reactive ketones (excluding diaryl/α,β-unsaturated/α-hetero) is 1. The fourth-order valence-corrected chi connectivity index (χ4v) is 8.48. The van der Waals surface area contributed by atoms with Crippen LogP contribution in [0.2, 0.25) is 0 Å². The van der Waals surface area contributed by atoms with Crippen molar-refractivity contribution in [2.45, 2.75) is 95.2 Å². The minimum Gasteiger partial charge on any atom is -0.393 e. The van der Waals surface area contributed by atoms with Gasteiger partial charge in [-0.1, -0.05) is 13.8 Å². The molecule has 0 aromatic heterocycles. The summed E-state index contributed by atoms with van der Waals surface area (Å²) in [5.41, 5.74) is -1.70. The molecule has 10 atom stereocenters. The number of ketones is 1. The SMILES string of the molecule is CC(=O)[C@H]1CC[C@@]23O[C@@]24CC[C@@H]2C[C@H](O)CC[C@@]2(C)[C@@H]4[C@@H](O)[C@H](O)[C@@]13C. The smallest absolute Gasteiger partial charge is 0.133 e. The number of hydrogen-bond donors (Lipinski definition) is 3. The third-order valence-electron chi connectivity index (χ3n) is 9.73. The number of aliphatic hydroxyl groups is 3. The summed E-state index contributed by atoms with van der Waals surface area (Å²) in [4.78, 5) is 12.3. The van der Waals surface area contributed by atoms with E-state index in [0.29, 0.717) is 5.92 Å². The summed E-state index contributed by atoms with van der Waals surface area (Å²) in [6.45, 7) is 5.82. The summed E-state index contributed by atoms with van der Waals surface area (Å²) >= 11 is 0. The minimum absolute atomic E-state index is 0.0976. The molecule has 146 valence electrons. The number of epoxide rings is 1. The van der Waals surface area contributed by atoms with Gasteiger partial charge in [-0.05, 0) is 63.2 Å². The average Bonchev–Trinajstić information content (AvgIpc) is 3.11. The monoisotopic (exact) mass is 364 g/mol. The molecule has 1 aliphatic heterocycles. The molecule has 1 heterocycles. The Labute approximate surface area is 155 Å². The number of aliphatic hydroxyl groups excluding tert-OH is 3. The van der Waals surface area contributed by atoms with Crippen molar-refractivity contribution in [3.63, 3.8) is 0 Å². The lowest BCUT2D eigenvalue weighted by Crippen LogP contribution is -2.69. The van der Waals surface area contributed by atoms with E-state index in [2.05, 4.69) is 6.92 Å². The Morgan fingerprint density at radius 3 is 2.46 bits per heavy atom. The van der Waals surface area contributed by atoms with Crippen molar-refractivity contribution in [1.29, 1.82) is 0 Å². The molecule has 4 saturated carbocycles. The predicted molar refractivity (Wildman–Crippen MR) is 94.3 cm³/mol. The first kappa shape index (κ1) is 17.6. The second-order valence-corrected chi connectivity index (χ2v) is 10.4. The molecular formula is C21H32O5. The Hall–Kier alpha value is -0.490. The average molecular weight is 364 g/mol. The van der Waals surface area contributed by atoms with Gasteiger partial charge in [-0.2, -0.15) is 0 Å². The first-order valence-electron chi connectivity index (χ1n) is 10.4. The molecule has 0 amide bonds. The van der Waals surface area contributed by atoms with Crippen LogP contribution in [-0.2, 0) is 9.53 Å². The Bertz CT molecular complexity index is 665. The molecule has 26 heavy (non-hydrogen) atoms. The van der Waals surface area contributed by atoms with E-state index in [1.165, 1.54) is 0 Å². The predicted octanol–water partition coefficient (Wildman–Crippen LogP) is 1.81. The van der Waals surface area contributed by atoms with Crippen molar-refractivity contribution in [3.8, 4) is 0 Å². The molecule has 0 unspecified atom stereocenters. The van der Waals surface area contributed by atoms with E-state index < -0.39 is 28.8 Å². The van der Waals surface area contributed by atoms with Gasteiger partial charge in [0.15, 0.2) is 0 Å². The highest BCUT2D eigenvalue weighted by Gasteiger charge is 2.90. The maximum atomic E-state index is 12.3. The lowest BCUT2D eigenvalue weighted by atomic mass is 9.43. The van der Waals surface area contributed by atoms with Gasteiger partial charge in [0.2, 0.25) is 0 Å². The molecule has 3 N–H and O–H groups in total. The third kappa shape index (κ3) is 1.63. The van der Waals surface area contributed by atoms with Crippen molar-refractivity contribution in [1.82, 2.24) is 0 Å². The fourth-order valence-electron chi connectivity index (χ4n) is 8.48. The minimum atomic E-state index is -0.943. The molecule has 0 aromatic carbocycles. The van der Waals surface area contributed by atoms with Crippen LogP contribution in [0.4, 0.5) is 0 Å². The molecule has 0 aromatic rings. The van der Waals surface area contributed by atoms with E-state index in [9.17, 15) is 20.1 Å². The molecule has 5 heteroatoms. The highest BCUT2D eigenvalue weighted by Crippen LogP contribution is 2.80. The van der Waals surface area contributed by atoms with Crippen LogP contribution < -0.4 is 0 Å². The fraction of sp³-hybridized carbons (Fsp3) is 0.952. The molecule has 2 spiro atoms. The van der Waals surface area contributed by atoms with Gasteiger partial charge >= 0.3 is 0 Å². The van der Waals surface area contributed by atoms with Crippen LogP contribution in [0.1, 0.15) is 65.7 Å². The number of fused-ring (bicyclic) bond motifs is 2. The summed E-state index contributed by atoms with van der Waals surface area (Å²) in [7, 11) is 0. The molecule has 5 rings (SSSR count). The molecular weight excluding hydrogens is 332 g/mol. The van der Waals surface area contributed by atoms with Crippen molar-refractivity contribution < 1.29 is 24.9 Å². The van der Waals surface area contributed by atoms with E-state index in [1.54, 1.807) is 6.92 Å². The second kappa shape index (κ2) is 4.91. The van der Waals surface area contributed by atoms with Crippen LogP contribution in [0.3, 0.4) is 0 Å². The summed E-state index contributed by atoms with van der Waals surface area (Å²) in [6.07, 6.45) is 3.74. The summed E-state index contributed by atoms with van der Waals surface area (Å²) in [6, 6.07) is 0. The molecule has 1 saturated heterocycles. The number of hydrogen-bond acceptors (Lipinski definition) is 5. The molecule has 0 bridgehead atoms. The summed E-state index contributed by atoms with van der Waals surface area (Å²) in [5.74, 6) is 0.0981. The van der Waals surface area contributed by atoms with Gasteiger partial charge in [0.25, 0.3) is 0 Å². The zero-order chi connectivity index (χ0) is 18.7. The second-order valence-electron chi connectivity index (χ2n) is 10.4. The quantitative estimate of drug-likeness (QED) is 0.618. The van der Waals surface area contributed by atoms with Gasteiger partial charge in [-0.15, -0.1) is 0 Å². The van der Waals surface area contributed by atoms with Crippen LogP contribution in [-0.4, -0.2) is 50.6 Å². The molecule has 0 radical (unpaired) electrons. The Morgan fingerprint density at radius 2 is 1.77 bits per heavy atom. The maximum absolute atomic E-state index is 12.3. The Morgan fingerprint density at radius 1 is 1.04 bits per heavy atom. The summed E-state index contributed by atoms with van der Waals surface area (Å²) in [5, 5.41) is 32.8. The van der Waals surface area contributed by atoms with Crippen molar-refractivity contribution in [3.05, 3.63) is 0 Å². The maximum Gasteiger partial charge on any atom is 0.133 e. The number of carbonyl (C=O) groups excluding carboxylic acids is 1. The van der Waals surface area contributed by atoms with Crippen LogP contribution in [0.15, 0.2) is 0 Å². The van der Waals surface area contributed by atoms with Gasteiger partial charge in [-0.25, -0.2) is 0 Å². The molecule has 4 aliphatic carbocycles. The van der Waals surface area contributed by atoms with Gasteiger partial charge in [0.1, 0.15) is 17.0 Å². The number of ether oxygens (including phenoxy) is 1. The Balaban J connectivity index is 1.61. The number of rotatable bonds is 1. The number of carbonyl (C=O) groups is 1. The van der Waals surface area contributed by atoms with Crippen LogP contribution in [0, 0.1) is 28.6 Å². The lowest BCUT2D eigenvalue weighted by Gasteiger charge is -2.60. The normalized spacial score (nSPS) is 63.3. The van der Waals surface area contributed by atoms with Crippen molar-refractivity contribution in [2.75, 3.05) is 0 Å². The zero-order valence-electron chi connectivity index (χ0n) is 16.1. The van der Waals surface area contributed by atoms with E-state index in [1.807, 2.05) is 6.92 Å². The van der Waals surface area contributed by atoms with Crippen LogP contribution >= 0.6 is 0 Å². The van der Waals surface area contributed by atoms with E-state index in [0.717, 1.165) is 44.9 Å². The van der Waals surface area contributed by atoms with Crippen LogP contribution in [0.5, 0.6) is 0 Å². The van der Waals surface area contributed by atoms with E-state index >= 15 is 0 Å². The Kier molecular flexibility index (Phi) is 3.33. The van der Waals surface area contributed by atoms with Crippen molar-refractivity contribution >= 4 is 5.78 Å². The standard InChI is InChI=1S/C21H32O5/c1-11(22)14-6-9-21-19(14,3)17(25)15(24)16-18(2)7-5-13(23)10-12(18)4-8-20(16,21)26-21/h12-17,23-25H,4-10H2,1-3H3/t12-,13-,14-,15-,16+,17+,18-,19-,20-,21+/m1/s1. The highest BCUT2D eigenvalue weighted by atomic mass is 16.6. The van der Waals surface area contributed by atoms with Gasteiger partial charge in [0.05, 0.1) is 18.3 Å². The largest absolute Gasteiger partial charge is 0.393 e. The topological polar surface area (TPSA) is 90.3 Å². The van der Waals surface area contributed by atoms with Gasteiger partial charge in [-0.3, -0.25) is 4.79 Å². The van der Waals surface area contributed by atoms with Gasteiger partial charge < -0.3 is 20.1 Å². The summed E-state index contributed by atoms with van der Waals surface area (Å²) < 4.78 is 6.61. The van der Waals surface area contributed by atoms with Crippen molar-refractivity contribution in [2.24, 2.45) is 28.6 Å². The van der Waals surface area contributed by atoms with E-state index in [4.69, 9.17) is 4.74 Å². The van der Waals surface area contributed by atoms with E-state index in [-0.39, 0.29) is 29.1 Å².